The minimum Gasteiger partial charge on any atom is -0.484 e. The summed E-state index contributed by atoms with van der Waals surface area (Å²) in [5.74, 6) is -0.705. The minimum absolute atomic E-state index is 0.0987. The van der Waals surface area contributed by atoms with Crippen LogP contribution in [0.25, 0.3) is 0 Å². The number of anilines is 1. The Balaban J connectivity index is 1.73. The fourth-order valence-electron chi connectivity index (χ4n) is 2.48. The Labute approximate surface area is 195 Å². The maximum Gasteiger partial charge on any atom is 0.269 e. The molecule has 11 nitrogen and oxygen atoms in total. The molecule has 0 aliphatic heterocycles. The molecule has 0 bridgehead atoms. The number of hydrazine groups is 1. The van der Waals surface area contributed by atoms with E-state index in [1.54, 1.807) is 12.1 Å². The molecular weight excluding hydrogens is 450 g/mol. The molecule has 3 amide bonds. The molecule has 0 aromatic heterocycles. The maximum absolute atomic E-state index is 12.2. The van der Waals surface area contributed by atoms with Crippen LogP contribution in [0, 0.1) is 16.0 Å². The lowest BCUT2D eigenvalue weighted by molar-refractivity contribution is -0.384. The van der Waals surface area contributed by atoms with Gasteiger partial charge in [-0.3, -0.25) is 40.7 Å². The molecule has 2 aromatic carbocycles. The van der Waals surface area contributed by atoms with Crippen molar-refractivity contribution in [3.05, 3.63) is 64.2 Å². The molecule has 0 radical (unpaired) electrons. The van der Waals surface area contributed by atoms with Crippen molar-refractivity contribution in [3.8, 4) is 5.75 Å². The highest BCUT2D eigenvalue weighted by Gasteiger charge is 2.11. The number of nitro benzene ring substituents is 1. The van der Waals surface area contributed by atoms with Crippen molar-refractivity contribution in [2.45, 2.75) is 20.3 Å². The monoisotopic (exact) mass is 473 g/mol. The van der Waals surface area contributed by atoms with Crippen molar-refractivity contribution in [2.75, 3.05) is 11.9 Å². The van der Waals surface area contributed by atoms with Gasteiger partial charge >= 0.3 is 0 Å². The Morgan fingerprint density at radius 1 is 1.00 bits per heavy atom. The third kappa shape index (κ3) is 8.91. The highest BCUT2D eigenvalue weighted by molar-refractivity contribution is 7.80. The molecule has 0 unspecified atom stereocenters. The van der Waals surface area contributed by atoms with Gasteiger partial charge in [0.25, 0.3) is 17.5 Å². The molecule has 33 heavy (non-hydrogen) atoms. The van der Waals surface area contributed by atoms with Crippen molar-refractivity contribution in [1.82, 2.24) is 16.2 Å². The number of carbonyl (C=O) groups is 3. The Morgan fingerprint density at radius 2 is 1.64 bits per heavy atom. The van der Waals surface area contributed by atoms with Crippen LogP contribution in [0.1, 0.15) is 30.6 Å². The van der Waals surface area contributed by atoms with Gasteiger partial charge in [0, 0.05) is 29.8 Å². The van der Waals surface area contributed by atoms with E-state index in [9.17, 15) is 24.5 Å². The molecule has 2 aromatic rings. The summed E-state index contributed by atoms with van der Waals surface area (Å²) in [5.41, 5.74) is 5.52. The molecule has 0 spiro atoms. The first-order valence-electron chi connectivity index (χ1n) is 9.81. The van der Waals surface area contributed by atoms with Gasteiger partial charge < -0.3 is 10.1 Å². The van der Waals surface area contributed by atoms with E-state index in [0.29, 0.717) is 17.7 Å². The summed E-state index contributed by atoms with van der Waals surface area (Å²) < 4.78 is 5.22. The van der Waals surface area contributed by atoms with Crippen molar-refractivity contribution < 1.29 is 24.0 Å². The SMILES string of the molecule is CC(C)CC(=O)Nc1ccc(C(=O)NNC(=S)NC(=O)COc2ccc([N+](=O)[O-])cc2)cc1. The quantitative estimate of drug-likeness (QED) is 0.259. The zero-order chi connectivity index (χ0) is 24.4. The molecule has 0 saturated heterocycles. The number of nitrogens with one attached hydrogen (secondary N) is 4. The first kappa shape index (κ1) is 25.2. The van der Waals surface area contributed by atoms with Gasteiger partial charge in [-0.2, -0.15) is 0 Å². The molecule has 2 rings (SSSR count). The van der Waals surface area contributed by atoms with Crippen molar-refractivity contribution in [1.29, 1.82) is 0 Å². The number of thiocarbonyl (C=S) groups is 1. The lowest BCUT2D eigenvalue weighted by Crippen LogP contribution is -2.49. The van der Waals surface area contributed by atoms with E-state index in [-0.39, 0.29) is 28.4 Å². The lowest BCUT2D eigenvalue weighted by Gasteiger charge is -2.12. The van der Waals surface area contributed by atoms with Crippen LogP contribution in [-0.2, 0) is 9.59 Å². The Hall–Kier alpha value is -4.06. The number of ether oxygens (including phenoxy) is 1. The summed E-state index contributed by atoms with van der Waals surface area (Å²) in [4.78, 5) is 45.9. The average Bonchev–Trinajstić information content (AvgIpc) is 2.76. The fourth-order valence-corrected chi connectivity index (χ4v) is 2.65. The number of carbonyl (C=O) groups excluding carboxylic acids is 3. The minimum atomic E-state index is -0.596. The predicted octanol–water partition coefficient (Wildman–Crippen LogP) is 2.29. The fraction of sp³-hybridized carbons (Fsp3) is 0.238. The molecule has 174 valence electrons. The van der Waals surface area contributed by atoms with Gasteiger partial charge in [0.1, 0.15) is 5.75 Å². The normalized spacial score (nSPS) is 10.2. The molecule has 0 aliphatic carbocycles. The molecule has 4 N–H and O–H groups in total. The second kappa shape index (κ2) is 12.1. The van der Waals surface area contributed by atoms with Crippen LogP contribution < -0.4 is 26.2 Å². The third-order valence-electron chi connectivity index (χ3n) is 3.98. The van der Waals surface area contributed by atoms with Gasteiger partial charge in [0.15, 0.2) is 11.7 Å². The van der Waals surface area contributed by atoms with Crippen LogP contribution in [0.2, 0.25) is 0 Å². The van der Waals surface area contributed by atoms with E-state index >= 15 is 0 Å². The molecule has 0 aliphatic rings. The van der Waals surface area contributed by atoms with Crippen molar-refractivity contribution in [3.63, 3.8) is 0 Å². The summed E-state index contributed by atoms with van der Waals surface area (Å²) in [5, 5.41) is 15.5. The highest BCUT2D eigenvalue weighted by atomic mass is 32.1. The zero-order valence-corrected chi connectivity index (χ0v) is 18.7. The number of hydrogen-bond donors (Lipinski definition) is 4. The number of rotatable bonds is 8. The lowest BCUT2D eigenvalue weighted by atomic mass is 10.1. The summed E-state index contributed by atoms with van der Waals surface area (Å²) in [6, 6.07) is 11.5. The van der Waals surface area contributed by atoms with E-state index in [2.05, 4.69) is 21.5 Å². The number of hydrogen-bond acceptors (Lipinski definition) is 7. The number of non-ortho nitro benzene ring substituents is 1. The smallest absolute Gasteiger partial charge is 0.269 e. The first-order valence-corrected chi connectivity index (χ1v) is 10.2. The Bertz CT molecular complexity index is 1020. The molecule has 12 heteroatoms. The molecular formula is C21H23N5O6S. The number of nitrogens with zero attached hydrogens (tertiary/aromatic N) is 1. The average molecular weight is 474 g/mol. The van der Waals surface area contributed by atoms with Gasteiger partial charge in [-0.05, 0) is 54.5 Å². The van der Waals surface area contributed by atoms with Gasteiger partial charge in [-0.1, -0.05) is 13.8 Å². The Morgan fingerprint density at radius 3 is 2.21 bits per heavy atom. The maximum atomic E-state index is 12.2. The molecule has 0 fully saturated rings. The van der Waals surface area contributed by atoms with Crippen molar-refractivity contribution >= 4 is 46.4 Å². The third-order valence-corrected chi connectivity index (χ3v) is 4.19. The van der Waals surface area contributed by atoms with Gasteiger partial charge in [0.2, 0.25) is 5.91 Å². The Kier molecular flexibility index (Phi) is 9.24. The largest absolute Gasteiger partial charge is 0.484 e. The number of benzene rings is 2. The second-order valence-corrected chi connectivity index (χ2v) is 7.63. The van der Waals surface area contributed by atoms with Crippen LogP contribution in [0.5, 0.6) is 5.75 Å². The van der Waals surface area contributed by atoms with Crippen LogP contribution >= 0.6 is 12.2 Å². The summed E-state index contributed by atoms with van der Waals surface area (Å²) >= 11 is 4.94. The standard InChI is InChI=1S/C21H23N5O6S/c1-13(2)11-18(27)22-15-5-3-14(4-6-15)20(29)24-25-21(33)23-19(28)12-32-17-9-7-16(8-10-17)26(30)31/h3-10,13H,11-12H2,1-2H3,(H,22,27)(H,24,29)(H2,23,25,28,33). The molecule has 0 saturated carbocycles. The van der Waals surface area contributed by atoms with Gasteiger partial charge in [0.05, 0.1) is 4.92 Å². The van der Waals surface area contributed by atoms with E-state index in [0.717, 1.165) is 0 Å². The van der Waals surface area contributed by atoms with E-state index in [1.807, 2.05) is 13.8 Å². The summed E-state index contributed by atoms with van der Waals surface area (Å²) in [6.45, 7) is 3.50. The number of nitro groups is 1. The van der Waals surface area contributed by atoms with Crippen LogP contribution in [0.15, 0.2) is 48.5 Å². The van der Waals surface area contributed by atoms with E-state index in [1.165, 1.54) is 36.4 Å². The first-order chi connectivity index (χ1) is 15.6. The summed E-state index contributed by atoms with van der Waals surface area (Å²) in [7, 11) is 0. The van der Waals surface area contributed by atoms with E-state index in [4.69, 9.17) is 17.0 Å². The second-order valence-electron chi connectivity index (χ2n) is 7.22. The zero-order valence-electron chi connectivity index (χ0n) is 17.9. The highest BCUT2D eigenvalue weighted by Crippen LogP contribution is 2.17. The van der Waals surface area contributed by atoms with Crippen molar-refractivity contribution in [2.24, 2.45) is 5.92 Å². The van der Waals surface area contributed by atoms with Crippen LogP contribution in [0.4, 0.5) is 11.4 Å². The number of amides is 3. The van der Waals surface area contributed by atoms with E-state index < -0.39 is 23.3 Å². The predicted molar refractivity (Wildman–Crippen MR) is 124 cm³/mol. The van der Waals surface area contributed by atoms with Crippen LogP contribution in [0.3, 0.4) is 0 Å². The summed E-state index contributed by atoms with van der Waals surface area (Å²) in [6.07, 6.45) is 0.397. The van der Waals surface area contributed by atoms with Gasteiger partial charge in [-0.25, -0.2) is 0 Å². The molecule has 0 atom stereocenters. The topological polar surface area (TPSA) is 152 Å². The molecule has 0 heterocycles. The van der Waals surface area contributed by atoms with Gasteiger partial charge in [-0.15, -0.1) is 0 Å². The van der Waals surface area contributed by atoms with Crippen LogP contribution in [-0.4, -0.2) is 34.4 Å².